The molecule has 0 atom stereocenters. The third-order valence-corrected chi connectivity index (χ3v) is 8.71. The molecule has 0 spiro atoms. The van der Waals surface area contributed by atoms with Crippen molar-refractivity contribution in [2.45, 2.75) is 64.3 Å². The van der Waals surface area contributed by atoms with E-state index in [-0.39, 0.29) is 53.0 Å². The number of piperidine rings is 1. The van der Waals surface area contributed by atoms with Crippen LogP contribution < -0.4 is 9.47 Å². The number of ether oxygens (including phenoxy) is 2. The number of hydrogen-bond acceptors (Lipinski definition) is 8. The molecule has 0 radical (unpaired) electrons. The van der Waals surface area contributed by atoms with Gasteiger partial charge in [-0.15, -0.1) is 0 Å². The lowest BCUT2D eigenvalue weighted by Gasteiger charge is -2.32. The lowest BCUT2D eigenvalue weighted by atomic mass is 10.0. The van der Waals surface area contributed by atoms with Crippen LogP contribution in [0.1, 0.15) is 54.7 Å². The van der Waals surface area contributed by atoms with E-state index in [4.69, 9.17) is 14.7 Å². The fourth-order valence-electron chi connectivity index (χ4n) is 5.95. The minimum Gasteiger partial charge on any atom is -0.484 e. The summed E-state index contributed by atoms with van der Waals surface area (Å²) in [6.45, 7) is 1.87. The second-order valence-corrected chi connectivity index (χ2v) is 12.2. The maximum Gasteiger partial charge on any atom is 0.307 e. The summed E-state index contributed by atoms with van der Waals surface area (Å²) in [4.78, 5) is 22.4. The number of halogens is 3. The number of hydrogen-bond donors (Lipinski definition) is 1. The first-order valence-electron chi connectivity index (χ1n) is 15.3. The third-order valence-electron chi connectivity index (χ3n) is 8.71. The number of imidazole rings is 1. The highest BCUT2D eigenvalue weighted by Gasteiger charge is 2.43. The van der Waals surface area contributed by atoms with Crippen LogP contribution in [0.15, 0.2) is 42.5 Å². The summed E-state index contributed by atoms with van der Waals surface area (Å²) in [6, 6.07) is 13.4. The van der Waals surface area contributed by atoms with Gasteiger partial charge in [0.15, 0.2) is 17.4 Å². The quantitative estimate of drug-likeness (QED) is 0.207. The normalized spacial score (nSPS) is 16.0. The Morgan fingerprint density at radius 3 is 2.49 bits per heavy atom. The Hall–Kier alpha value is -5.14. The topological polar surface area (TPSA) is 137 Å². The molecule has 2 fully saturated rings. The van der Waals surface area contributed by atoms with Gasteiger partial charge in [0.25, 0.3) is 0 Å². The number of carboxylic acid groups (broad SMARTS) is 1. The van der Waals surface area contributed by atoms with E-state index >= 15 is 4.39 Å². The summed E-state index contributed by atoms with van der Waals surface area (Å²) in [5.41, 5.74) is 0.961. The molecule has 0 amide bonds. The number of carbonyl (C=O) groups is 1. The average Bonchev–Trinajstić information content (AvgIpc) is 3.72. The first-order chi connectivity index (χ1) is 22.6. The Bertz CT molecular complexity index is 1900. The van der Waals surface area contributed by atoms with Gasteiger partial charge in [-0.2, -0.15) is 10.5 Å². The van der Waals surface area contributed by atoms with E-state index in [1.165, 1.54) is 30.3 Å². The summed E-state index contributed by atoms with van der Waals surface area (Å²) >= 11 is 0. The van der Waals surface area contributed by atoms with Crippen molar-refractivity contribution in [3.63, 3.8) is 0 Å². The fourth-order valence-corrected chi connectivity index (χ4v) is 5.95. The predicted molar refractivity (Wildman–Crippen MR) is 161 cm³/mol. The Morgan fingerprint density at radius 1 is 1.02 bits per heavy atom. The monoisotopic (exact) mass is 644 g/mol. The van der Waals surface area contributed by atoms with Crippen molar-refractivity contribution in [1.82, 2.24) is 19.4 Å². The highest BCUT2D eigenvalue weighted by atomic mass is 19.1. The highest BCUT2D eigenvalue weighted by Crippen LogP contribution is 2.50. The number of aromatic nitrogens is 3. The molecule has 13 heteroatoms. The predicted octanol–water partition coefficient (Wildman–Crippen LogP) is 5.66. The van der Waals surface area contributed by atoms with Crippen molar-refractivity contribution in [1.29, 1.82) is 10.5 Å². The number of nitriles is 2. The van der Waals surface area contributed by atoms with Crippen molar-refractivity contribution < 1.29 is 32.5 Å². The van der Waals surface area contributed by atoms with E-state index in [9.17, 15) is 23.9 Å². The van der Waals surface area contributed by atoms with Crippen LogP contribution in [0, 0.1) is 45.5 Å². The summed E-state index contributed by atoms with van der Waals surface area (Å²) in [5, 5.41) is 27.6. The highest BCUT2D eigenvalue weighted by molar-refractivity contribution is 5.80. The molecule has 1 N–H and O–H groups in total. The molecule has 6 rings (SSSR count). The van der Waals surface area contributed by atoms with Crippen molar-refractivity contribution in [3.8, 4) is 23.8 Å². The molecule has 1 aliphatic heterocycles. The van der Waals surface area contributed by atoms with Gasteiger partial charge in [-0.1, -0.05) is 0 Å². The first kappa shape index (κ1) is 31.8. The van der Waals surface area contributed by atoms with Gasteiger partial charge in [0.05, 0.1) is 36.2 Å². The zero-order chi connectivity index (χ0) is 33.1. The molecule has 10 nitrogen and oxygen atoms in total. The summed E-state index contributed by atoms with van der Waals surface area (Å²) in [5.74, 6) is -2.25. The number of benzene rings is 2. The van der Waals surface area contributed by atoms with Gasteiger partial charge in [-0.25, -0.2) is 23.1 Å². The standard InChI is InChI=1S/C34H31F3N6O4/c35-24-2-4-31(40-27(24)19-46-29-3-1-21(17-39)13-25(29)36)47-23-5-11-42(12-6-23)18-30-41-33-26(37)14-22(16-32(44)45)15-28(33)43(30)20-34(7-8-34)9-10-38/h1-4,13-15,23H,5-9,11-12,16,18-20H2,(H,44,45). The zero-order valence-corrected chi connectivity index (χ0v) is 25.4. The van der Waals surface area contributed by atoms with E-state index < -0.39 is 23.4 Å². The second kappa shape index (κ2) is 13.3. The van der Waals surface area contributed by atoms with Gasteiger partial charge in [-0.3, -0.25) is 9.69 Å². The molecular formula is C34H31F3N6O4. The van der Waals surface area contributed by atoms with Crippen LogP contribution in [0.4, 0.5) is 13.2 Å². The van der Waals surface area contributed by atoms with Gasteiger partial charge in [0, 0.05) is 37.5 Å². The molecule has 2 aliphatic rings. The fraction of sp³-hybridized carbons (Fsp3) is 0.382. The van der Waals surface area contributed by atoms with Crippen molar-refractivity contribution in [2.75, 3.05) is 13.1 Å². The Morgan fingerprint density at radius 2 is 1.81 bits per heavy atom. The number of aliphatic carboxylic acids is 1. The number of fused-ring (bicyclic) bond motifs is 1. The van der Waals surface area contributed by atoms with Gasteiger partial charge in [0.1, 0.15) is 35.6 Å². The van der Waals surface area contributed by atoms with Crippen LogP contribution in [0.3, 0.4) is 0 Å². The number of likely N-dealkylation sites (tertiary alicyclic amines) is 1. The summed E-state index contributed by atoms with van der Waals surface area (Å²) in [7, 11) is 0. The van der Waals surface area contributed by atoms with Gasteiger partial charge in [0.2, 0.25) is 5.88 Å². The Kier molecular flexibility index (Phi) is 9.01. The van der Waals surface area contributed by atoms with Gasteiger partial charge in [-0.05, 0) is 67.6 Å². The molecule has 0 bridgehead atoms. The minimum atomic E-state index is -1.05. The summed E-state index contributed by atoms with van der Waals surface area (Å²) in [6.07, 6.45) is 2.91. The number of rotatable bonds is 12. The molecule has 3 heterocycles. The molecule has 2 aromatic carbocycles. The van der Waals surface area contributed by atoms with Crippen LogP contribution in [0.5, 0.6) is 11.6 Å². The van der Waals surface area contributed by atoms with Gasteiger partial charge >= 0.3 is 5.97 Å². The lowest BCUT2D eigenvalue weighted by Crippen LogP contribution is -2.38. The average molecular weight is 645 g/mol. The Labute approximate surface area is 268 Å². The molecule has 242 valence electrons. The van der Waals surface area contributed by atoms with Crippen LogP contribution >= 0.6 is 0 Å². The van der Waals surface area contributed by atoms with Crippen molar-refractivity contribution >= 4 is 17.0 Å². The minimum absolute atomic E-state index is 0.0498. The molecule has 1 aliphatic carbocycles. The number of carboxylic acids is 1. The van der Waals surface area contributed by atoms with Gasteiger partial charge < -0.3 is 19.1 Å². The van der Waals surface area contributed by atoms with E-state index in [2.05, 4.69) is 20.9 Å². The van der Waals surface area contributed by atoms with E-state index in [1.54, 1.807) is 6.07 Å². The van der Waals surface area contributed by atoms with Crippen LogP contribution in [-0.4, -0.2) is 49.7 Å². The van der Waals surface area contributed by atoms with E-state index in [0.29, 0.717) is 62.3 Å². The molecule has 4 aromatic rings. The van der Waals surface area contributed by atoms with Crippen LogP contribution in [0.25, 0.3) is 11.0 Å². The SMILES string of the molecule is N#CCC1(Cn2c(CN3CCC(Oc4ccc(F)c(COc5ccc(C#N)cc5F)n4)CC3)nc3c(F)cc(CC(=O)O)cc32)CC1. The molecule has 0 unspecified atom stereocenters. The number of pyridine rings is 1. The lowest BCUT2D eigenvalue weighted by molar-refractivity contribution is -0.136. The first-order valence-corrected chi connectivity index (χ1v) is 15.3. The molecule has 2 aromatic heterocycles. The maximum absolute atomic E-state index is 15.1. The summed E-state index contributed by atoms with van der Waals surface area (Å²) < 4.78 is 57.2. The third kappa shape index (κ3) is 7.31. The van der Waals surface area contributed by atoms with Crippen molar-refractivity contribution in [2.24, 2.45) is 5.41 Å². The number of nitrogens with zero attached hydrogens (tertiary/aromatic N) is 6. The Balaban J connectivity index is 1.11. The van der Waals surface area contributed by atoms with Crippen LogP contribution in [-0.2, 0) is 30.9 Å². The van der Waals surface area contributed by atoms with Crippen molar-refractivity contribution in [3.05, 3.63) is 82.6 Å². The largest absolute Gasteiger partial charge is 0.484 e. The molecular weight excluding hydrogens is 613 g/mol. The second-order valence-electron chi connectivity index (χ2n) is 12.2. The molecule has 47 heavy (non-hydrogen) atoms. The van der Waals surface area contributed by atoms with E-state index in [1.807, 2.05) is 10.6 Å². The maximum atomic E-state index is 15.1. The van der Waals surface area contributed by atoms with Crippen LogP contribution in [0.2, 0.25) is 0 Å². The molecule has 1 saturated heterocycles. The molecule has 1 saturated carbocycles. The van der Waals surface area contributed by atoms with E-state index in [0.717, 1.165) is 18.9 Å². The smallest absolute Gasteiger partial charge is 0.307 e. The zero-order valence-electron chi connectivity index (χ0n) is 25.4.